The first kappa shape index (κ1) is 19.5. The third kappa shape index (κ3) is 4.43. The molecule has 4 rings (SSSR count). The number of aliphatic hydroxyl groups is 1. The SMILES string of the molecule is C=Cc1ccc(CN2CC(C(=O)N[C@H]3CCCC[C@@H]3O)Oc3ccccc32)cn1. The van der Waals surface area contributed by atoms with Gasteiger partial charge >= 0.3 is 0 Å². The lowest BCUT2D eigenvalue weighted by atomic mass is 9.92. The summed E-state index contributed by atoms with van der Waals surface area (Å²) in [5.74, 6) is 0.523. The van der Waals surface area contributed by atoms with E-state index in [0.29, 0.717) is 18.8 Å². The van der Waals surface area contributed by atoms with E-state index in [4.69, 9.17) is 4.74 Å². The number of fused-ring (bicyclic) bond motifs is 1. The number of ether oxygens (including phenoxy) is 1. The van der Waals surface area contributed by atoms with Crippen LogP contribution in [0.3, 0.4) is 0 Å². The Morgan fingerprint density at radius 2 is 2.10 bits per heavy atom. The number of hydrogen-bond acceptors (Lipinski definition) is 5. The first-order chi connectivity index (χ1) is 14.1. The van der Waals surface area contributed by atoms with Crippen LogP contribution in [-0.2, 0) is 11.3 Å². The number of aromatic nitrogens is 1. The zero-order valence-electron chi connectivity index (χ0n) is 16.5. The van der Waals surface area contributed by atoms with Gasteiger partial charge in [-0.15, -0.1) is 0 Å². The molecular weight excluding hydrogens is 366 g/mol. The molecule has 0 bridgehead atoms. The average molecular weight is 393 g/mol. The van der Waals surface area contributed by atoms with Gasteiger partial charge < -0.3 is 20.1 Å². The van der Waals surface area contributed by atoms with E-state index >= 15 is 0 Å². The molecule has 2 aliphatic rings. The van der Waals surface area contributed by atoms with Gasteiger partial charge in [0.05, 0.1) is 30.1 Å². The molecule has 0 saturated heterocycles. The summed E-state index contributed by atoms with van der Waals surface area (Å²) in [4.78, 5) is 19.4. The molecule has 0 spiro atoms. The van der Waals surface area contributed by atoms with Crippen molar-refractivity contribution in [3.63, 3.8) is 0 Å². The standard InChI is InChI=1S/C23H27N3O3/c1-2-17-12-11-16(13-24-17)14-26-15-22(29-21-10-6-4-8-19(21)26)23(28)25-18-7-3-5-9-20(18)27/h2,4,6,8,10-13,18,20,22,27H,1,3,5,7,9,14-15H2,(H,25,28)/t18-,20-,22?/m0/s1. The van der Waals surface area contributed by atoms with Crippen LogP contribution in [0.4, 0.5) is 5.69 Å². The predicted octanol–water partition coefficient (Wildman–Crippen LogP) is 2.91. The summed E-state index contributed by atoms with van der Waals surface area (Å²) in [6, 6.07) is 11.5. The highest BCUT2D eigenvalue weighted by atomic mass is 16.5. The van der Waals surface area contributed by atoms with Crippen molar-refractivity contribution in [3.05, 3.63) is 60.4 Å². The highest BCUT2D eigenvalue weighted by Gasteiger charge is 2.33. The maximum absolute atomic E-state index is 12.9. The second-order valence-corrected chi connectivity index (χ2v) is 7.72. The molecule has 0 radical (unpaired) electrons. The van der Waals surface area contributed by atoms with Crippen molar-refractivity contribution in [2.75, 3.05) is 11.4 Å². The highest BCUT2D eigenvalue weighted by molar-refractivity contribution is 5.83. The van der Waals surface area contributed by atoms with Gasteiger partial charge in [0, 0.05) is 12.7 Å². The summed E-state index contributed by atoms with van der Waals surface area (Å²) >= 11 is 0. The molecule has 1 aliphatic carbocycles. The van der Waals surface area contributed by atoms with Crippen molar-refractivity contribution in [3.8, 4) is 5.75 Å². The molecule has 6 heteroatoms. The molecular formula is C23H27N3O3. The van der Waals surface area contributed by atoms with E-state index in [1.807, 2.05) is 42.6 Å². The minimum atomic E-state index is -0.626. The summed E-state index contributed by atoms with van der Waals surface area (Å²) in [5.41, 5.74) is 2.84. The lowest BCUT2D eigenvalue weighted by Crippen LogP contribution is -2.54. The van der Waals surface area contributed by atoms with E-state index in [1.165, 1.54) is 0 Å². The van der Waals surface area contributed by atoms with Gasteiger partial charge in [-0.3, -0.25) is 9.78 Å². The van der Waals surface area contributed by atoms with Gasteiger partial charge in [0.2, 0.25) is 0 Å². The van der Waals surface area contributed by atoms with Crippen LogP contribution in [0, 0.1) is 0 Å². The zero-order valence-corrected chi connectivity index (χ0v) is 16.5. The fourth-order valence-corrected chi connectivity index (χ4v) is 4.02. The first-order valence-corrected chi connectivity index (χ1v) is 10.2. The number of nitrogens with zero attached hydrogens (tertiary/aromatic N) is 2. The number of anilines is 1. The van der Waals surface area contributed by atoms with Crippen molar-refractivity contribution in [2.24, 2.45) is 0 Å². The predicted molar refractivity (Wildman–Crippen MR) is 113 cm³/mol. The molecule has 2 N–H and O–H groups in total. The normalized spacial score (nSPS) is 23.6. The number of nitrogens with one attached hydrogen (secondary N) is 1. The summed E-state index contributed by atoms with van der Waals surface area (Å²) in [6.45, 7) is 4.80. The van der Waals surface area contributed by atoms with Gasteiger partial charge in [0.25, 0.3) is 5.91 Å². The van der Waals surface area contributed by atoms with E-state index in [1.54, 1.807) is 6.08 Å². The number of carbonyl (C=O) groups excluding carboxylic acids is 1. The summed E-state index contributed by atoms with van der Waals surface area (Å²) in [7, 11) is 0. The van der Waals surface area contributed by atoms with Crippen molar-refractivity contribution >= 4 is 17.7 Å². The number of hydrogen-bond donors (Lipinski definition) is 2. The lowest BCUT2D eigenvalue weighted by Gasteiger charge is -2.37. The molecule has 152 valence electrons. The lowest BCUT2D eigenvalue weighted by molar-refractivity contribution is -0.129. The largest absolute Gasteiger partial charge is 0.477 e. The smallest absolute Gasteiger partial charge is 0.263 e. The van der Waals surface area contributed by atoms with Crippen LogP contribution in [0.2, 0.25) is 0 Å². The first-order valence-electron chi connectivity index (χ1n) is 10.2. The molecule has 1 aliphatic heterocycles. The van der Waals surface area contributed by atoms with E-state index in [-0.39, 0.29) is 11.9 Å². The molecule has 1 aromatic heterocycles. The minimum Gasteiger partial charge on any atom is -0.477 e. The van der Waals surface area contributed by atoms with E-state index < -0.39 is 12.2 Å². The van der Waals surface area contributed by atoms with Gasteiger partial charge in [-0.05, 0) is 42.7 Å². The van der Waals surface area contributed by atoms with Gasteiger partial charge in [0.15, 0.2) is 6.10 Å². The molecule has 1 amide bonds. The van der Waals surface area contributed by atoms with Crippen molar-refractivity contribution in [1.82, 2.24) is 10.3 Å². The topological polar surface area (TPSA) is 74.7 Å². The van der Waals surface area contributed by atoms with Crippen molar-refractivity contribution < 1.29 is 14.6 Å². The van der Waals surface area contributed by atoms with E-state index in [2.05, 4.69) is 21.8 Å². The fourth-order valence-electron chi connectivity index (χ4n) is 4.02. The van der Waals surface area contributed by atoms with Crippen LogP contribution in [0.5, 0.6) is 5.75 Å². The third-order valence-electron chi connectivity index (χ3n) is 5.64. The number of aliphatic hydroxyl groups excluding tert-OH is 1. The van der Waals surface area contributed by atoms with E-state index in [0.717, 1.165) is 42.6 Å². The Balaban J connectivity index is 1.50. The number of pyridine rings is 1. The number of para-hydroxylation sites is 2. The third-order valence-corrected chi connectivity index (χ3v) is 5.64. The Morgan fingerprint density at radius 1 is 1.28 bits per heavy atom. The van der Waals surface area contributed by atoms with Crippen LogP contribution in [0.1, 0.15) is 36.9 Å². The van der Waals surface area contributed by atoms with Crippen LogP contribution in [0.25, 0.3) is 6.08 Å². The van der Waals surface area contributed by atoms with Crippen molar-refractivity contribution in [1.29, 1.82) is 0 Å². The Bertz CT molecular complexity index is 868. The Hall–Kier alpha value is -2.86. The number of amides is 1. The molecule has 6 nitrogen and oxygen atoms in total. The van der Waals surface area contributed by atoms with Crippen molar-refractivity contribution in [2.45, 2.75) is 50.5 Å². The second-order valence-electron chi connectivity index (χ2n) is 7.72. The Kier molecular flexibility index (Phi) is 5.81. The summed E-state index contributed by atoms with van der Waals surface area (Å²) < 4.78 is 6.01. The van der Waals surface area contributed by atoms with E-state index in [9.17, 15) is 9.90 Å². The summed E-state index contributed by atoms with van der Waals surface area (Å²) in [5, 5.41) is 13.2. The number of rotatable bonds is 5. The fraction of sp³-hybridized carbons (Fsp3) is 0.391. The van der Waals surface area contributed by atoms with Gasteiger partial charge in [-0.1, -0.05) is 37.6 Å². The number of benzene rings is 1. The Morgan fingerprint density at radius 3 is 2.86 bits per heavy atom. The van der Waals surface area contributed by atoms with Crippen LogP contribution < -0.4 is 15.0 Å². The monoisotopic (exact) mass is 393 g/mol. The van der Waals surface area contributed by atoms with Gasteiger partial charge in [-0.2, -0.15) is 0 Å². The molecule has 1 unspecified atom stereocenters. The zero-order chi connectivity index (χ0) is 20.2. The summed E-state index contributed by atoms with van der Waals surface area (Å²) in [6.07, 6.45) is 6.02. The highest BCUT2D eigenvalue weighted by Crippen LogP contribution is 2.34. The maximum atomic E-state index is 12.9. The molecule has 3 atom stereocenters. The minimum absolute atomic E-state index is 0.171. The van der Waals surface area contributed by atoms with Crippen LogP contribution in [0.15, 0.2) is 49.2 Å². The van der Waals surface area contributed by atoms with Gasteiger partial charge in [0.1, 0.15) is 5.75 Å². The second kappa shape index (κ2) is 8.66. The quantitative estimate of drug-likeness (QED) is 0.817. The maximum Gasteiger partial charge on any atom is 0.263 e. The molecule has 1 saturated carbocycles. The molecule has 29 heavy (non-hydrogen) atoms. The molecule has 2 aromatic rings. The average Bonchev–Trinajstić information content (AvgIpc) is 2.76. The number of carbonyl (C=O) groups is 1. The van der Waals surface area contributed by atoms with Gasteiger partial charge in [-0.25, -0.2) is 0 Å². The molecule has 1 fully saturated rings. The van der Waals surface area contributed by atoms with Crippen LogP contribution in [-0.4, -0.2) is 40.8 Å². The van der Waals surface area contributed by atoms with Crippen LogP contribution >= 0.6 is 0 Å². The Labute approximate surface area is 171 Å². The molecule has 2 heterocycles. The molecule has 1 aromatic carbocycles.